The second kappa shape index (κ2) is 7.28. The third kappa shape index (κ3) is 4.82. The van der Waals surface area contributed by atoms with Gasteiger partial charge in [0.15, 0.2) is 0 Å². The van der Waals surface area contributed by atoms with Crippen LogP contribution in [0.3, 0.4) is 0 Å². The van der Waals surface area contributed by atoms with Gasteiger partial charge in [0.2, 0.25) is 11.8 Å². The van der Waals surface area contributed by atoms with Crippen LogP contribution < -0.4 is 10.6 Å². The van der Waals surface area contributed by atoms with E-state index in [2.05, 4.69) is 27.2 Å². The number of nitrogens with zero attached hydrogens (tertiary/aromatic N) is 1. The molecule has 23 heavy (non-hydrogen) atoms. The number of fused-ring (bicyclic) bond motifs is 1. The Bertz CT molecular complexity index is 738. The minimum atomic E-state index is -0.635. The van der Waals surface area contributed by atoms with E-state index in [4.69, 9.17) is 11.6 Å². The highest BCUT2D eigenvalue weighted by Crippen LogP contribution is 2.17. The van der Waals surface area contributed by atoms with Crippen LogP contribution in [0.15, 0.2) is 30.4 Å². The molecule has 0 spiro atoms. The van der Waals surface area contributed by atoms with Gasteiger partial charge in [-0.15, -0.1) is 6.58 Å². The topological polar surface area (TPSA) is 86.9 Å². The Labute approximate surface area is 139 Å². The number of hydrogen-bond donors (Lipinski definition) is 3. The molecule has 2 aromatic rings. The summed E-state index contributed by atoms with van der Waals surface area (Å²) in [5.41, 5.74) is 2.40. The predicted octanol–water partition coefficient (Wildman–Crippen LogP) is 2.30. The second-order valence-corrected chi connectivity index (χ2v) is 5.91. The van der Waals surface area contributed by atoms with Gasteiger partial charge in [-0.1, -0.05) is 17.2 Å². The average Bonchev–Trinajstić information content (AvgIpc) is 2.85. The van der Waals surface area contributed by atoms with E-state index in [1.54, 1.807) is 18.2 Å². The first-order chi connectivity index (χ1) is 10.8. The molecular formula is C16H19ClN4O2. The molecule has 0 aliphatic rings. The normalized spacial score (nSPS) is 12.0. The molecular weight excluding hydrogens is 316 g/mol. The molecule has 0 saturated carbocycles. The van der Waals surface area contributed by atoms with Gasteiger partial charge in [0.05, 0.1) is 17.6 Å². The smallest absolute Gasteiger partial charge is 0.243 e. The van der Waals surface area contributed by atoms with Crippen molar-refractivity contribution in [1.29, 1.82) is 0 Å². The highest BCUT2D eigenvalue weighted by Gasteiger charge is 2.19. The Morgan fingerprint density at radius 1 is 1.39 bits per heavy atom. The number of halogens is 1. The maximum atomic E-state index is 12.2. The van der Waals surface area contributed by atoms with Crippen LogP contribution in [0, 0.1) is 0 Å². The van der Waals surface area contributed by atoms with Gasteiger partial charge in [-0.05, 0) is 31.5 Å². The van der Waals surface area contributed by atoms with Gasteiger partial charge < -0.3 is 15.6 Å². The van der Waals surface area contributed by atoms with Crippen molar-refractivity contribution >= 4 is 34.4 Å². The molecule has 1 aromatic carbocycles. The summed E-state index contributed by atoms with van der Waals surface area (Å²) in [5.74, 6) is 0.0824. The standard InChI is InChI=1S/C16H19ClN4O2/c1-9(2)6-14(19-10(3)22)16(23)18-8-15-20-12-5-4-11(17)7-13(12)21-15/h4-5,7,14H,1,6,8H2,2-3H3,(H,18,23)(H,19,22)(H,20,21)/t14-/m1/s1. The number of imidazole rings is 1. The zero-order chi connectivity index (χ0) is 17.0. The lowest BCUT2D eigenvalue weighted by Gasteiger charge is -2.17. The van der Waals surface area contributed by atoms with Crippen LogP contribution in [0.4, 0.5) is 0 Å². The molecule has 0 aliphatic carbocycles. The Morgan fingerprint density at radius 2 is 2.13 bits per heavy atom. The number of rotatable bonds is 6. The quantitative estimate of drug-likeness (QED) is 0.708. The Balaban J connectivity index is 2.02. The molecule has 0 saturated heterocycles. The summed E-state index contributed by atoms with van der Waals surface area (Å²) in [4.78, 5) is 30.9. The monoisotopic (exact) mass is 334 g/mol. The molecule has 0 bridgehead atoms. The second-order valence-electron chi connectivity index (χ2n) is 5.48. The van der Waals surface area contributed by atoms with Gasteiger partial charge in [0.25, 0.3) is 0 Å². The molecule has 1 aromatic heterocycles. The number of benzene rings is 1. The predicted molar refractivity (Wildman–Crippen MR) is 90.0 cm³/mol. The van der Waals surface area contributed by atoms with E-state index in [9.17, 15) is 9.59 Å². The van der Waals surface area contributed by atoms with Crippen LogP contribution in [-0.2, 0) is 16.1 Å². The first kappa shape index (κ1) is 17.0. The molecule has 0 aliphatic heterocycles. The minimum absolute atomic E-state index is 0.234. The third-order valence-electron chi connectivity index (χ3n) is 3.17. The van der Waals surface area contributed by atoms with Crippen LogP contribution in [-0.4, -0.2) is 27.8 Å². The van der Waals surface area contributed by atoms with Crippen LogP contribution in [0.5, 0.6) is 0 Å². The van der Waals surface area contributed by atoms with Crippen molar-refractivity contribution in [1.82, 2.24) is 20.6 Å². The summed E-state index contributed by atoms with van der Waals surface area (Å²) in [6.07, 6.45) is 0.390. The van der Waals surface area contributed by atoms with E-state index in [0.29, 0.717) is 17.3 Å². The van der Waals surface area contributed by atoms with E-state index in [1.165, 1.54) is 6.92 Å². The van der Waals surface area contributed by atoms with Crippen molar-refractivity contribution in [2.45, 2.75) is 32.9 Å². The minimum Gasteiger partial charge on any atom is -0.347 e. The Kier molecular flexibility index (Phi) is 5.39. The zero-order valence-electron chi connectivity index (χ0n) is 13.1. The Morgan fingerprint density at radius 3 is 2.78 bits per heavy atom. The van der Waals surface area contributed by atoms with E-state index in [0.717, 1.165) is 16.6 Å². The fourth-order valence-corrected chi connectivity index (χ4v) is 2.39. The van der Waals surface area contributed by atoms with Gasteiger partial charge >= 0.3 is 0 Å². The largest absolute Gasteiger partial charge is 0.347 e. The number of aromatic amines is 1. The summed E-state index contributed by atoms with van der Waals surface area (Å²) in [5, 5.41) is 6.00. The average molecular weight is 335 g/mol. The number of carbonyl (C=O) groups excluding carboxylic acids is 2. The van der Waals surface area contributed by atoms with Crippen molar-refractivity contribution in [3.05, 3.63) is 41.2 Å². The van der Waals surface area contributed by atoms with E-state index >= 15 is 0 Å². The van der Waals surface area contributed by atoms with Crippen LogP contribution >= 0.6 is 11.6 Å². The molecule has 122 valence electrons. The molecule has 1 heterocycles. The fourth-order valence-electron chi connectivity index (χ4n) is 2.22. The molecule has 0 fully saturated rings. The number of amides is 2. The summed E-state index contributed by atoms with van der Waals surface area (Å²) in [6, 6.07) is 4.70. The number of H-pyrrole nitrogens is 1. The van der Waals surface area contributed by atoms with Gasteiger partial charge in [-0.25, -0.2) is 4.98 Å². The zero-order valence-corrected chi connectivity index (χ0v) is 13.8. The number of carbonyl (C=O) groups is 2. The SMILES string of the molecule is C=C(C)C[C@@H](NC(C)=O)C(=O)NCc1nc2ccc(Cl)cc2[nH]1. The van der Waals surface area contributed by atoms with Crippen molar-refractivity contribution < 1.29 is 9.59 Å². The molecule has 7 heteroatoms. The summed E-state index contributed by atoms with van der Waals surface area (Å²) >= 11 is 5.93. The number of hydrogen-bond acceptors (Lipinski definition) is 3. The van der Waals surface area contributed by atoms with Crippen LogP contribution in [0.2, 0.25) is 5.02 Å². The van der Waals surface area contributed by atoms with Gasteiger partial charge in [0, 0.05) is 11.9 Å². The summed E-state index contributed by atoms with van der Waals surface area (Å²) < 4.78 is 0. The van der Waals surface area contributed by atoms with Gasteiger partial charge in [-0.3, -0.25) is 9.59 Å². The highest BCUT2D eigenvalue weighted by atomic mass is 35.5. The maximum Gasteiger partial charge on any atom is 0.243 e. The summed E-state index contributed by atoms with van der Waals surface area (Å²) in [7, 11) is 0. The molecule has 0 unspecified atom stereocenters. The van der Waals surface area contributed by atoms with Crippen molar-refractivity contribution in [2.24, 2.45) is 0 Å². The lowest BCUT2D eigenvalue weighted by Crippen LogP contribution is -2.46. The van der Waals surface area contributed by atoms with Crippen molar-refractivity contribution in [3.8, 4) is 0 Å². The molecule has 0 radical (unpaired) electrons. The lowest BCUT2D eigenvalue weighted by atomic mass is 10.1. The first-order valence-electron chi connectivity index (χ1n) is 7.18. The molecule has 2 rings (SSSR count). The van der Waals surface area contributed by atoms with Gasteiger partial charge in [-0.2, -0.15) is 0 Å². The maximum absolute atomic E-state index is 12.2. The van der Waals surface area contributed by atoms with E-state index in [-0.39, 0.29) is 18.4 Å². The van der Waals surface area contributed by atoms with Gasteiger partial charge in [0.1, 0.15) is 11.9 Å². The highest BCUT2D eigenvalue weighted by molar-refractivity contribution is 6.31. The Hall–Kier alpha value is -2.34. The number of nitrogens with one attached hydrogen (secondary N) is 3. The molecule has 3 N–H and O–H groups in total. The lowest BCUT2D eigenvalue weighted by molar-refractivity contribution is -0.128. The van der Waals surface area contributed by atoms with E-state index < -0.39 is 6.04 Å². The molecule has 2 amide bonds. The summed E-state index contributed by atoms with van der Waals surface area (Å²) in [6.45, 7) is 7.20. The third-order valence-corrected chi connectivity index (χ3v) is 3.40. The molecule has 6 nitrogen and oxygen atoms in total. The first-order valence-corrected chi connectivity index (χ1v) is 7.56. The fraction of sp³-hybridized carbons (Fsp3) is 0.312. The van der Waals surface area contributed by atoms with Crippen molar-refractivity contribution in [2.75, 3.05) is 0 Å². The number of aromatic nitrogens is 2. The van der Waals surface area contributed by atoms with Crippen molar-refractivity contribution in [3.63, 3.8) is 0 Å². The van der Waals surface area contributed by atoms with Crippen LogP contribution in [0.25, 0.3) is 11.0 Å². The van der Waals surface area contributed by atoms with Crippen LogP contribution in [0.1, 0.15) is 26.1 Å². The van der Waals surface area contributed by atoms with E-state index in [1.807, 2.05) is 6.92 Å². The molecule has 1 atom stereocenters.